The molecule has 0 N–H and O–H groups in total. The predicted molar refractivity (Wildman–Crippen MR) is 125 cm³/mol. The molecule has 4 heteroatoms. The highest BCUT2D eigenvalue weighted by molar-refractivity contribution is 6.01. The number of carbonyl (C=O) groups excluding carboxylic acids is 1. The molecule has 4 nitrogen and oxygen atoms in total. The van der Waals surface area contributed by atoms with Crippen LogP contribution in [0.3, 0.4) is 0 Å². The third-order valence-corrected chi connectivity index (χ3v) is 5.76. The topological polar surface area (TPSA) is 38.1 Å². The summed E-state index contributed by atoms with van der Waals surface area (Å²) >= 11 is 0. The predicted octanol–water partition coefficient (Wildman–Crippen LogP) is 5.93. The number of amides is 1. The van der Waals surface area contributed by atoms with E-state index in [0.29, 0.717) is 12.0 Å². The molecular formula is C27H27N3O. The van der Waals surface area contributed by atoms with Gasteiger partial charge in [-0.3, -0.25) is 4.79 Å². The van der Waals surface area contributed by atoms with Crippen molar-refractivity contribution >= 4 is 5.91 Å². The maximum atomic E-state index is 13.9. The van der Waals surface area contributed by atoms with Crippen molar-refractivity contribution in [1.29, 1.82) is 0 Å². The first-order valence-corrected chi connectivity index (χ1v) is 10.7. The van der Waals surface area contributed by atoms with Gasteiger partial charge in [-0.2, -0.15) is 5.10 Å². The van der Waals surface area contributed by atoms with Crippen LogP contribution in [0.2, 0.25) is 0 Å². The van der Waals surface area contributed by atoms with Crippen LogP contribution in [-0.2, 0) is 6.42 Å². The zero-order valence-corrected chi connectivity index (χ0v) is 18.2. The molecule has 3 aromatic carbocycles. The van der Waals surface area contributed by atoms with Crippen LogP contribution < -0.4 is 0 Å². The molecule has 1 heterocycles. The molecule has 0 radical (unpaired) electrons. The Labute approximate surface area is 183 Å². The van der Waals surface area contributed by atoms with E-state index in [1.54, 1.807) is 0 Å². The first-order chi connectivity index (χ1) is 15.1. The van der Waals surface area contributed by atoms with Crippen molar-refractivity contribution in [2.45, 2.75) is 26.3 Å². The Bertz CT molecular complexity index is 1150. The second kappa shape index (κ2) is 9.00. The Morgan fingerprint density at radius 3 is 2.03 bits per heavy atom. The second-order valence-electron chi connectivity index (χ2n) is 7.64. The van der Waals surface area contributed by atoms with Crippen LogP contribution in [0.15, 0.2) is 91.0 Å². The maximum absolute atomic E-state index is 13.9. The van der Waals surface area contributed by atoms with Crippen molar-refractivity contribution in [2.24, 2.45) is 0 Å². The molecule has 4 rings (SSSR count). The summed E-state index contributed by atoms with van der Waals surface area (Å²) in [6.07, 6.45) is 0.698. The van der Waals surface area contributed by atoms with Crippen molar-refractivity contribution in [2.75, 3.05) is 7.05 Å². The van der Waals surface area contributed by atoms with Gasteiger partial charge < -0.3 is 4.90 Å². The molecule has 31 heavy (non-hydrogen) atoms. The van der Waals surface area contributed by atoms with E-state index in [1.807, 2.05) is 95.5 Å². The van der Waals surface area contributed by atoms with Gasteiger partial charge in [-0.25, -0.2) is 4.68 Å². The average Bonchev–Trinajstić information content (AvgIpc) is 3.24. The van der Waals surface area contributed by atoms with Crippen molar-refractivity contribution in [3.63, 3.8) is 0 Å². The van der Waals surface area contributed by atoms with Crippen molar-refractivity contribution in [3.05, 3.63) is 108 Å². The maximum Gasteiger partial charge on any atom is 0.258 e. The summed E-state index contributed by atoms with van der Waals surface area (Å²) < 4.78 is 1.91. The van der Waals surface area contributed by atoms with Crippen molar-refractivity contribution in [1.82, 2.24) is 14.7 Å². The van der Waals surface area contributed by atoms with Gasteiger partial charge in [0, 0.05) is 12.6 Å². The Hall–Kier alpha value is -3.66. The van der Waals surface area contributed by atoms with E-state index in [4.69, 9.17) is 5.10 Å². The summed E-state index contributed by atoms with van der Waals surface area (Å²) in [5, 5.41) is 4.93. The molecule has 0 saturated heterocycles. The van der Waals surface area contributed by atoms with E-state index in [2.05, 4.69) is 26.0 Å². The lowest BCUT2D eigenvalue weighted by atomic mass is 10.0. The summed E-state index contributed by atoms with van der Waals surface area (Å²) in [6.45, 7) is 4.13. The van der Waals surface area contributed by atoms with E-state index in [-0.39, 0.29) is 11.9 Å². The first-order valence-electron chi connectivity index (χ1n) is 10.7. The summed E-state index contributed by atoms with van der Waals surface area (Å²) in [4.78, 5) is 15.7. The van der Waals surface area contributed by atoms with Gasteiger partial charge in [-0.15, -0.1) is 0 Å². The highest BCUT2D eigenvalue weighted by Gasteiger charge is 2.29. The number of benzene rings is 3. The number of para-hydroxylation sites is 1. The Morgan fingerprint density at radius 2 is 1.45 bits per heavy atom. The highest BCUT2D eigenvalue weighted by atomic mass is 16.2. The highest BCUT2D eigenvalue weighted by Crippen LogP contribution is 2.31. The van der Waals surface area contributed by atoms with Gasteiger partial charge in [0.25, 0.3) is 5.91 Å². The zero-order chi connectivity index (χ0) is 21.8. The minimum absolute atomic E-state index is 0.0192. The van der Waals surface area contributed by atoms with Crippen LogP contribution in [-0.4, -0.2) is 27.6 Å². The third-order valence-electron chi connectivity index (χ3n) is 5.76. The fourth-order valence-corrected chi connectivity index (χ4v) is 3.89. The molecular weight excluding hydrogens is 382 g/mol. The minimum Gasteiger partial charge on any atom is -0.335 e. The summed E-state index contributed by atoms with van der Waals surface area (Å²) in [7, 11) is 1.87. The molecule has 0 bridgehead atoms. The van der Waals surface area contributed by atoms with Gasteiger partial charge in [0.2, 0.25) is 0 Å². The lowest BCUT2D eigenvalue weighted by Gasteiger charge is -2.26. The number of aromatic nitrogens is 2. The van der Waals surface area contributed by atoms with Crippen LogP contribution in [0.5, 0.6) is 0 Å². The Balaban J connectivity index is 1.85. The quantitative estimate of drug-likeness (QED) is 0.395. The zero-order valence-electron chi connectivity index (χ0n) is 18.2. The van der Waals surface area contributed by atoms with Crippen LogP contribution in [0.1, 0.15) is 41.5 Å². The number of rotatable bonds is 6. The Morgan fingerprint density at radius 1 is 0.903 bits per heavy atom. The van der Waals surface area contributed by atoms with Crippen LogP contribution in [0.25, 0.3) is 16.9 Å². The van der Waals surface area contributed by atoms with Crippen LogP contribution in [0.4, 0.5) is 0 Å². The number of hydrogen-bond acceptors (Lipinski definition) is 2. The molecule has 0 fully saturated rings. The minimum atomic E-state index is -0.0536. The largest absolute Gasteiger partial charge is 0.335 e. The van der Waals surface area contributed by atoms with Crippen molar-refractivity contribution in [3.8, 4) is 16.9 Å². The van der Waals surface area contributed by atoms with Gasteiger partial charge in [-0.1, -0.05) is 85.8 Å². The molecule has 0 aliphatic carbocycles. The van der Waals surface area contributed by atoms with Crippen LogP contribution in [0, 0.1) is 0 Å². The standard InChI is InChI=1S/C27H27N3O/c1-4-24-25(27(31)29(3)20(2)21-14-8-5-9-15-21)26(22-16-10-6-11-17-22)28-30(24)23-18-12-7-13-19-23/h5-20H,4H2,1-3H3/t20-/m0/s1. The van der Waals surface area contributed by atoms with Gasteiger partial charge in [0.1, 0.15) is 5.69 Å². The molecule has 0 unspecified atom stereocenters. The molecule has 0 aliphatic heterocycles. The second-order valence-corrected chi connectivity index (χ2v) is 7.64. The first kappa shape index (κ1) is 20.6. The lowest BCUT2D eigenvalue weighted by molar-refractivity contribution is 0.0742. The number of hydrogen-bond donors (Lipinski definition) is 0. The molecule has 1 atom stereocenters. The Kier molecular flexibility index (Phi) is 5.99. The molecule has 0 aliphatic rings. The fraction of sp³-hybridized carbons (Fsp3) is 0.185. The van der Waals surface area contributed by atoms with E-state index in [0.717, 1.165) is 28.2 Å². The molecule has 0 saturated carbocycles. The summed E-state index contributed by atoms with van der Waals surface area (Å²) in [6, 6.07) is 30.0. The SMILES string of the molecule is CCc1c(C(=O)N(C)[C@@H](C)c2ccccc2)c(-c2ccccc2)nn1-c1ccccc1. The fourth-order valence-electron chi connectivity index (χ4n) is 3.89. The molecule has 4 aromatic rings. The van der Waals surface area contributed by atoms with E-state index < -0.39 is 0 Å². The normalized spacial score (nSPS) is 11.8. The van der Waals surface area contributed by atoms with E-state index >= 15 is 0 Å². The van der Waals surface area contributed by atoms with Gasteiger partial charge >= 0.3 is 0 Å². The molecule has 0 spiro atoms. The van der Waals surface area contributed by atoms with Crippen molar-refractivity contribution < 1.29 is 4.79 Å². The summed E-state index contributed by atoms with van der Waals surface area (Å²) in [5.41, 5.74) is 5.31. The van der Waals surface area contributed by atoms with E-state index in [9.17, 15) is 4.79 Å². The number of carbonyl (C=O) groups is 1. The van der Waals surface area contributed by atoms with Gasteiger partial charge in [-0.05, 0) is 31.0 Å². The van der Waals surface area contributed by atoms with Gasteiger partial charge in [0.15, 0.2) is 0 Å². The molecule has 1 amide bonds. The summed E-state index contributed by atoms with van der Waals surface area (Å²) in [5.74, 6) is -0.0192. The monoisotopic (exact) mass is 409 g/mol. The van der Waals surface area contributed by atoms with Gasteiger partial charge in [0.05, 0.1) is 23.0 Å². The third kappa shape index (κ3) is 4.02. The van der Waals surface area contributed by atoms with E-state index in [1.165, 1.54) is 0 Å². The average molecular weight is 410 g/mol. The van der Waals surface area contributed by atoms with Crippen LogP contribution >= 0.6 is 0 Å². The molecule has 1 aromatic heterocycles. The smallest absolute Gasteiger partial charge is 0.258 e. The molecule has 156 valence electrons. The number of nitrogens with zero attached hydrogens (tertiary/aromatic N) is 3. The lowest BCUT2D eigenvalue weighted by Crippen LogP contribution is -2.30.